The first-order valence-corrected chi connectivity index (χ1v) is 9.98. The molecule has 0 unspecified atom stereocenters. The third-order valence-corrected chi connectivity index (χ3v) is 5.19. The zero-order chi connectivity index (χ0) is 20.2. The number of aromatic nitrogens is 1. The van der Waals surface area contributed by atoms with Crippen LogP contribution in [0.3, 0.4) is 0 Å². The Morgan fingerprint density at radius 2 is 1.69 bits per heavy atom. The van der Waals surface area contributed by atoms with E-state index in [1.165, 1.54) is 5.56 Å². The maximum Gasteiger partial charge on any atom is 0.252 e. The van der Waals surface area contributed by atoms with Gasteiger partial charge in [-0.2, -0.15) is 0 Å². The minimum Gasteiger partial charge on any atom is -0.345 e. The molecule has 0 aliphatic carbocycles. The largest absolute Gasteiger partial charge is 0.345 e. The predicted octanol–water partition coefficient (Wildman–Crippen LogP) is 6.09. The molecule has 4 aromatic rings. The van der Waals surface area contributed by atoms with E-state index in [-0.39, 0.29) is 11.9 Å². The van der Waals surface area contributed by atoms with Gasteiger partial charge in [0, 0.05) is 10.9 Å². The van der Waals surface area contributed by atoms with Gasteiger partial charge in [-0.1, -0.05) is 79.2 Å². The smallest absolute Gasteiger partial charge is 0.252 e. The Bertz CT molecular complexity index is 1150. The van der Waals surface area contributed by atoms with Gasteiger partial charge < -0.3 is 5.32 Å². The average molecular weight is 380 g/mol. The van der Waals surface area contributed by atoms with Crippen LogP contribution in [0, 0.1) is 6.92 Å². The van der Waals surface area contributed by atoms with E-state index in [1.807, 2.05) is 60.7 Å². The molecule has 4 rings (SSSR count). The normalized spacial score (nSPS) is 11.9. The Balaban J connectivity index is 1.76. The van der Waals surface area contributed by atoms with Crippen LogP contribution in [-0.4, -0.2) is 10.9 Å². The van der Waals surface area contributed by atoms with E-state index in [0.29, 0.717) is 5.56 Å². The molecule has 0 bridgehead atoms. The SMILES string of the molecule is CC[C@H](NC(=O)c1cc(-c2cccc(C)c2)nc2ccccc12)c1ccccc1. The number of aryl methyl sites for hydroxylation is 1. The molecule has 0 fully saturated rings. The molecule has 0 saturated heterocycles. The number of carbonyl (C=O) groups is 1. The summed E-state index contributed by atoms with van der Waals surface area (Å²) in [6, 6.07) is 28.0. The molecular weight excluding hydrogens is 356 g/mol. The van der Waals surface area contributed by atoms with Crippen LogP contribution >= 0.6 is 0 Å². The molecule has 3 nitrogen and oxygen atoms in total. The van der Waals surface area contributed by atoms with E-state index in [4.69, 9.17) is 4.98 Å². The quantitative estimate of drug-likeness (QED) is 0.455. The Labute approximate surface area is 171 Å². The highest BCUT2D eigenvalue weighted by Crippen LogP contribution is 2.26. The van der Waals surface area contributed by atoms with Crippen molar-refractivity contribution in [2.75, 3.05) is 0 Å². The summed E-state index contributed by atoms with van der Waals surface area (Å²) >= 11 is 0. The van der Waals surface area contributed by atoms with Gasteiger partial charge in [-0.25, -0.2) is 4.98 Å². The van der Waals surface area contributed by atoms with Gasteiger partial charge in [0.15, 0.2) is 0 Å². The van der Waals surface area contributed by atoms with Gasteiger partial charge in [-0.3, -0.25) is 4.79 Å². The van der Waals surface area contributed by atoms with Crippen LogP contribution in [-0.2, 0) is 0 Å². The number of hydrogen-bond donors (Lipinski definition) is 1. The zero-order valence-corrected chi connectivity index (χ0v) is 16.7. The van der Waals surface area contributed by atoms with Crippen molar-refractivity contribution >= 4 is 16.8 Å². The second-order valence-corrected chi connectivity index (χ2v) is 7.29. The first-order chi connectivity index (χ1) is 14.2. The summed E-state index contributed by atoms with van der Waals surface area (Å²) < 4.78 is 0. The molecule has 1 N–H and O–H groups in total. The number of nitrogens with zero attached hydrogens (tertiary/aromatic N) is 1. The lowest BCUT2D eigenvalue weighted by Gasteiger charge is -2.18. The van der Waals surface area contributed by atoms with Crippen LogP contribution in [0.5, 0.6) is 0 Å². The van der Waals surface area contributed by atoms with Crippen LogP contribution in [0.1, 0.15) is 40.9 Å². The summed E-state index contributed by atoms with van der Waals surface area (Å²) in [4.78, 5) is 18.1. The summed E-state index contributed by atoms with van der Waals surface area (Å²) in [5.74, 6) is -0.0757. The summed E-state index contributed by atoms with van der Waals surface area (Å²) in [5, 5.41) is 4.08. The van der Waals surface area contributed by atoms with Gasteiger partial charge in [0.1, 0.15) is 0 Å². The molecule has 0 saturated carbocycles. The Morgan fingerprint density at radius 1 is 0.931 bits per heavy atom. The summed E-state index contributed by atoms with van der Waals surface area (Å²) in [5.41, 5.74) is 5.58. The third kappa shape index (κ3) is 4.04. The number of benzene rings is 3. The summed E-state index contributed by atoms with van der Waals surface area (Å²) in [7, 11) is 0. The fraction of sp³-hybridized carbons (Fsp3) is 0.154. The van der Waals surface area contributed by atoms with Crippen molar-refractivity contribution in [3.63, 3.8) is 0 Å². The Hall–Kier alpha value is -3.46. The van der Waals surface area contributed by atoms with Gasteiger partial charge in [-0.05, 0) is 37.1 Å². The molecule has 1 amide bonds. The first kappa shape index (κ1) is 18.9. The monoisotopic (exact) mass is 380 g/mol. The molecule has 1 aromatic heterocycles. The molecule has 3 heteroatoms. The van der Waals surface area contributed by atoms with Gasteiger partial charge in [0.25, 0.3) is 5.91 Å². The number of carbonyl (C=O) groups excluding carboxylic acids is 1. The topological polar surface area (TPSA) is 42.0 Å². The van der Waals surface area contributed by atoms with Crippen LogP contribution in [0.25, 0.3) is 22.2 Å². The van der Waals surface area contributed by atoms with E-state index in [0.717, 1.165) is 34.1 Å². The van der Waals surface area contributed by atoms with E-state index >= 15 is 0 Å². The number of rotatable bonds is 5. The first-order valence-electron chi connectivity index (χ1n) is 9.98. The number of hydrogen-bond acceptors (Lipinski definition) is 2. The number of nitrogens with one attached hydrogen (secondary N) is 1. The predicted molar refractivity (Wildman–Crippen MR) is 119 cm³/mol. The van der Waals surface area contributed by atoms with Crippen LogP contribution < -0.4 is 5.32 Å². The summed E-state index contributed by atoms with van der Waals surface area (Å²) in [6.45, 7) is 4.14. The van der Waals surface area contributed by atoms with Gasteiger partial charge >= 0.3 is 0 Å². The molecule has 144 valence electrons. The average Bonchev–Trinajstić information content (AvgIpc) is 2.77. The van der Waals surface area contributed by atoms with Crippen molar-refractivity contribution in [3.8, 4) is 11.3 Å². The van der Waals surface area contributed by atoms with E-state index in [2.05, 4.69) is 43.4 Å². The zero-order valence-electron chi connectivity index (χ0n) is 16.7. The maximum absolute atomic E-state index is 13.3. The maximum atomic E-state index is 13.3. The minimum atomic E-state index is -0.0757. The molecule has 0 aliphatic rings. The fourth-order valence-electron chi connectivity index (χ4n) is 3.66. The lowest BCUT2D eigenvalue weighted by Crippen LogP contribution is -2.28. The standard InChI is InChI=1S/C26H24N2O/c1-3-23(19-11-5-4-6-12-19)28-26(29)22-17-25(20-13-9-10-18(2)16-20)27-24-15-8-7-14-21(22)24/h4-17,23H,3H2,1-2H3,(H,28,29)/t23-/m0/s1. The van der Waals surface area contributed by atoms with E-state index in [1.54, 1.807) is 0 Å². The summed E-state index contributed by atoms with van der Waals surface area (Å²) in [6.07, 6.45) is 0.823. The lowest BCUT2D eigenvalue weighted by molar-refractivity contribution is 0.0937. The fourth-order valence-corrected chi connectivity index (χ4v) is 3.66. The number of para-hydroxylation sites is 1. The molecule has 0 radical (unpaired) electrons. The van der Waals surface area contributed by atoms with Gasteiger partial charge in [-0.15, -0.1) is 0 Å². The van der Waals surface area contributed by atoms with Crippen molar-refractivity contribution in [3.05, 3.63) is 102 Å². The number of fused-ring (bicyclic) bond motifs is 1. The van der Waals surface area contributed by atoms with Crippen LogP contribution in [0.15, 0.2) is 84.9 Å². The Kier molecular flexibility index (Phi) is 5.39. The molecule has 29 heavy (non-hydrogen) atoms. The molecule has 1 heterocycles. The Morgan fingerprint density at radius 3 is 2.45 bits per heavy atom. The van der Waals surface area contributed by atoms with E-state index < -0.39 is 0 Å². The van der Waals surface area contributed by atoms with Crippen molar-refractivity contribution in [2.45, 2.75) is 26.3 Å². The van der Waals surface area contributed by atoms with Crippen molar-refractivity contribution in [2.24, 2.45) is 0 Å². The number of amides is 1. The molecule has 0 spiro atoms. The molecular formula is C26H24N2O. The van der Waals surface area contributed by atoms with Crippen molar-refractivity contribution < 1.29 is 4.79 Å². The highest BCUT2D eigenvalue weighted by Gasteiger charge is 2.18. The molecule has 3 aromatic carbocycles. The second-order valence-electron chi connectivity index (χ2n) is 7.29. The van der Waals surface area contributed by atoms with Gasteiger partial charge in [0.05, 0.1) is 22.8 Å². The minimum absolute atomic E-state index is 0.0296. The third-order valence-electron chi connectivity index (χ3n) is 5.19. The highest BCUT2D eigenvalue weighted by molar-refractivity contribution is 6.07. The van der Waals surface area contributed by atoms with Gasteiger partial charge in [0.2, 0.25) is 0 Å². The van der Waals surface area contributed by atoms with Crippen molar-refractivity contribution in [1.82, 2.24) is 10.3 Å². The van der Waals surface area contributed by atoms with Crippen molar-refractivity contribution in [1.29, 1.82) is 0 Å². The van der Waals surface area contributed by atoms with E-state index in [9.17, 15) is 4.79 Å². The van der Waals surface area contributed by atoms with Crippen LogP contribution in [0.4, 0.5) is 0 Å². The molecule has 0 aliphatic heterocycles. The molecule has 1 atom stereocenters. The second kappa shape index (κ2) is 8.27. The lowest BCUT2D eigenvalue weighted by atomic mass is 10.0. The highest BCUT2D eigenvalue weighted by atomic mass is 16.1. The number of pyridine rings is 1. The van der Waals surface area contributed by atoms with Crippen LogP contribution in [0.2, 0.25) is 0 Å².